The zero-order chi connectivity index (χ0) is 24.2. The summed E-state index contributed by atoms with van der Waals surface area (Å²) in [7, 11) is 0. The lowest BCUT2D eigenvalue weighted by Crippen LogP contribution is -2.26. The van der Waals surface area contributed by atoms with Crippen molar-refractivity contribution in [1.29, 1.82) is 0 Å². The highest BCUT2D eigenvalue weighted by Gasteiger charge is 2.30. The number of para-hydroxylation sites is 1. The Morgan fingerprint density at radius 2 is 1.74 bits per heavy atom. The fourth-order valence-corrected chi connectivity index (χ4v) is 4.91. The molecule has 6 nitrogen and oxygen atoms in total. The summed E-state index contributed by atoms with van der Waals surface area (Å²) in [4.78, 5) is 12.4. The largest absolute Gasteiger partial charge is 0.303 e. The maximum atomic E-state index is 12.4. The van der Waals surface area contributed by atoms with Gasteiger partial charge < -0.3 is 5.32 Å². The fourth-order valence-electron chi connectivity index (χ4n) is 3.62. The highest BCUT2D eigenvalue weighted by atomic mass is 35.5. The molecule has 0 radical (unpaired) electrons. The summed E-state index contributed by atoms with van der Waals surface area (Å²) in [5.41, 5.74) is 4.28. The van der Waals surface area contributed by atoms with Crippen LogP contribution in [0, 0.1) is 0 Å². The molecule has 1 amide bonds. The third-order valence-electron chi connectivity index (χ3n) is 5.37. The van der Waals surface area contributed by atoms with Crippen LogP contribution < -0.4 is 5.32 Å². The van der Waals surface area contributed by atoms with Crippen molar-refractivity contribution >= 4 is 52.3 Å². The number of nitrogens with one attached hydrogen (secondary N) is 1. The van der Waals surface area contributed by atoms with Crippen molar-refractivity contribution in [2.75, 3.05) is 0 Å². The number of amidine groups is 1. The Balaban J connectivity index is 1.38. The zero-order valence-corrected chi connectivity index (χ0v) is 20.6. The second kappa shape index (κ2) is 10.5. The number of benzene rings is 3. The molecule has 35 heavy (non-hydrogen) atoms. The minimum absolute atomic E-state index is 0.109. The lowest BCUT2D eigenvalue weighted by atomic mass is 10.1. The van der Waals surface area contributed by atoms with Gasteiger partial charge in [0.25, 0.3) is 0 Å². The first-order valence-corrected chi connectivity index (χ1v) is 12.4. The van der Waals surface area contributed by atoms with Crippen LogP contribution in [-0.2, 0) is 11.2 Å². The molecule has 0 spiro atoms. The Labute approximate surface area is 216 Å². The highest BCUT2D eigenvalue weighted by molar-refractivity contribution is 8.15. The number of hydrogen-bond donors (Lipinski definition) is 1. The fraction of sp³-hybridized carbons (Fsp3) is 0.0769. The van der Waals surface area contributed by atoms with E-state index in [0.29, 0.717) is 21.6 Å². The first-order valence-electron chi connectivity index (χ1n) is 10.8. The molecule has 174 valence electrons. The molecule has 0 saturated carbocycles. The normalized spacial score (nSPS) is 16.8. The summed E-state index contributed by atoms with van der Waals surface area (Å²) in [5.74, 6) is -0.109. The molecule has 2 heterocycles. The molecule has 9 heteroatoms. The van der Waals surface area contributed by atoms with Gasteiger partial charge in [0.2, 0.25) is 5.91 Å². The van der Waals surface area contributed by atoms with Crippen molar-refractivity contribution in [3.63, 3.8) is 0 Å². The van der Waals surface area contributed by atoms with Crippen LogP contribution in [0.15, 0.2) is 95.3 Å². The number of nitrogens with zero attached hydrogens (tertiary/aromatic N) is 4. The van der Waals surface area contributed by atoms with Crippen LogP contribution in [0.2, 0.25) is 10.0 Å². The first-order chi connectivity index (χ1) is 17.1. The predicted molar refractivity (Wildman–Crippen MR) is 144 cm³/mol. The van der Waals surface area contributed by atoms with Gasteiger partial charge in [-0.2, -0.15) is 10.2 Å². The number of thioether (sulfide) groups is 1. The number of carbonyl (C=O) groups is 1. The molecular formula is C26H19Cl2N5OS. The zero-order valence-electron chi connectivity index (χ0n) is 18.3. The van der Waals surface area contributed by atoms with Crippen LogP contribution >= 0.6 is 35.0 Å². The van der Waals surface area contributed by atoms with E-state index in [-0.39, 0.29) is 11.2 Å². The Morgan fingerprint density at radius 3 is 2.51 bits per heavy atom. The van der Waals surface area contributed by atoms with E-state index in [0.717, 1.165) is 28.1 Å². The molecule has 1 aliphatic rings. The van der Waals surface area contributed by atoms with Gasteiger partial charge in [0.15, 0.2) is 5.17 Å². The predicted octanol–water partition coefficient (Wildman–Crippen LogP) is 6.01. The van der Waals surface area contributed by atoms with E-state index < -0.39 is 0 Å². The smallest absolute Gasteiger partial charge is 0.239 e. The standard InChI is InChI=1S/C26H19Cl2N5OS/c27-20-12-10-17(11-13-20)24-19(16-33(32-24)21-7-2-1-3-8-21)15-29-31-26-30-25(34)23(35-26)14-18-6-4-5-9-22(18)28/h1-13,15-16,23H,14H2,(H,30,31,34). The van der Waals surface area contributed by atoms with E-state index in [4.69, 9.17) is 28.3 Å². The van der Waals surface area contributed by atoms with Crippen molar-refractivity contribution in [2.24, 2.45) is 10.2 Å². The van der Waals surface area contributed by atoms with Crippen LogP contribution in [-0.4, -0.2) is 32.3 Å². The molecule has 0 aliphatic carbocycles. The van der Waals surface area contributed by atoms with E-state index in [2.05, 4.69) is 15.5 Å². The molecule has 0 bridgehead atoms. The molecule has 1 atom stereocenters. The first kappa shape index (κ1) is 23.4. The number of amides is 1. The third-order valence-corrected chi connectivity index (χ3v) is 7.06. The molecular weight excluding hydrogens is 501 g/mol. The summed E-state index contributed by atoms with van der Waals surface area (Å²) in [6.45, 7) is 0. The molecule has 1 saturated heterocycles. The molecule has 1 unspecified atom stereocenters. The lowest BCUT2D eigenvalue weighted by molar-refractivity contribution is -0.118. The quantitative estimate of drug-likeness (QED) is 0.250. The average Bonchev–Trinajstić information content (AvgIpc) is 3.45. The number of carbonyl (C=O) groups excluding carboxylic acids is 1. The molecule has 1 aliphatic heterocycles. The van der Waals surface area contributed by atoms with Crippen LogP contribution in [0.4, 0.5) is 0 Å². The number of rotatable bonds is 6. The second-order valence-corrected chi connectivity index (χ2v) is 9.80. The van der Waals surface area contributed by atoms with E-state index in [1.165, 1.54) is 11.8 Å². The van der Waals surface area contributed by atoms with Gasteiger partial charge in [0.05, 0.1) is 17.2 Å². The van der Waals surface area contributed by atoms with Crippen LogP contribution in [0.25, 0.3) is 16.9 Å². The SMILES string of the molecule is O=C1N/C(=N\N=Cc2cn(-c3ccccc3)nc2-c2ccc(Cl)cc2)SC1Cc1ccccc1Cl. The lowest BCUT2D eigenvalue weighted by Gasteiger charge is -2.06. The highest BCUT2D eigenvalue weighted by Crippen LogP contribution is 2.27. The van der Waals surface area contributed by atoms with E-state index >= 15 is 0 Å². The Morgan fingerprint density at radius 1 is 1.00 bits per heavy atom. The minimum Gasteiger partial charge on any atom is -0.303 e. The Kier molecular flexibility index (Phi) is 6.99. The van der Waals surface area contributed by atoms with Crippen molar-refractivity contribution in [3.05, 3.63) is 106 Å². The molecule has 1 N–H and O–H groups in total. The monoisotopic (exact) mass is 519 g/mol. The molecule has 3 aromatic carbocycles. The Bertz CT molecular complexity index is 1420. The molecule has 4 aromatic rings. The minimum atomic E-state index is -0.311. The maximum absolute atomic E-state index is 12.4. The number of hydrogen-bond acceptors (Lipinski definition) is 5. The molecule has 1 aromatic heterocycles. The number of halogens is 2. The molecule has 1 fully saturated rings. The Hall–Kier alpha value is -3.39. The summed E-state index contributed by atoms with van der Waals surface area (Å²) in [5, 5.41) is 17.5. The van der Waals surface area contributed by atoms with Gasteiger partial charge in [-0.05, 0) is 42.3 Å². The van der Waals surface area contributed by atoms with Gasteiger partial charge in [-0.3, -0.25) is 4.79 Å². The third kappa shape index (κ3) is 5.48. The van der Waals surface area contributed by atoms with Crippen LogP contribution in [0.5, 0.6) is 0 Å². The van der Waals surface area contributed by atoms with Gasteiger partial charge in [-0.1, -0.05) is 83.5 Å². The maximum Gasteiger partial charge on any atom is 0.239 e. The van der Waals surface area contributed by atoms with Crippen LogP contribution in [0.3, 0.4) is 0 Å². The van der Waals surface area contributed by atoms with Crippen molar-refractivity contribution in [3.8, 4) is 16.9 Å². The second-order valence-electron chi connectivity index (χ2n) is 7.76. The molecule has 5 rings (SSSR count). The average molecular weight is 520 g/mol. The van der Waals surface area contributed by atoms with E-state index in [1.807, 2.05) is 85.1 Å². The van der Waals surface area contributed by atoms with Crippen LogP contribution in [0.1, 0.15) is 11.1 Å². The van der Waals surface area contributed by atoms with Gasteiger partial charge >= 0.3 is 0 Å². The summed E-state index contributed by atoms with van der Waals surface area (Å²) in [6, 6.07) is 24.8. The van der Waals surface area contributed by atoms with Gasteiger partial charge in [-0.15, -0.1) is 5.10 Å². The van der Waals surface area contributed by atoms with Gasteiger partial charge in [0, 0.05) is 27.4 Å². The number of aromatic nitrogens is 2. The summed E-state index contributed by atoms with van der Waals surface area (Å²) >= 11 is 13.7. The van der Waals surface area contributed by atoms with Crippen molar-refractivity contribution in [2.45, 2.75) is 11.7 Å². The summed E-state index contributed by atoms with van der Waals surface area (Å²) in [6.07, 6.45) is 4.05. The van der Waals surface area contributed by atoms with Crippen molar-refractivity contribution in [1.82, 2.24) is 15.1 Å². The van der Waals surface area contributed by atoms with Gasteiger partial charge in [-0.25, -0.2) is 4.68 Å². The van der Waals surface area contributed by atoms with E-state index in [9.17, 15) is 4.79 Å². The van der Waals surface area contributed by atoms with E-state index in [1.54, 1.807) is 10.9 Å². The van der Waals surface area contributed by atoms with Crippen molar-refractivity contribution < 1.29 is 4.79 Å². The topological polar surface area (TPSA) is 71.6 Å². The summed E-state index contributed by atoms with van der Waals surface area (Å²) < 4.78 is 1.80. The van der Waals surface area contributed by atoms with Gasteiger partial charge in [0.1, 0.15) is 5.69 Å².